The Kier molecular flexibility index (Phi) is 11.2. The van der Waals surface area contributed by atoms with E-state index < -0.39 is 24.0 Å². The molecule has 0 saturated carbocycles. The lowest BCUT2D eigenvalue weighted by Crippen LogP contribution is -3.00. The summed E-state index contributed by atoms with van der Waals surface area (Å²) >= 11 is 3.20. The molecule has 0 radical (unpaired) electrons. The number of carbonyl (C=O) groups is 3. The Morgan fingerprint density at radius 3 is 2.64 bits per heavy atom. The summed E-state index contributed by atoms with van der Waals surface area (Å²) in [5.41, 5.74) is 1.09. The van der Waals surface area contributed by atoms with Gasteiger partial charge < -0.3 is 27.2 Å². The fourth-order valence-corrected chi connectivity index (χ4v) is 5.89. The molecule has 0 bridgehead atoms. The maximum atomic E-state index is 13.2. The molecule has 1 aliphatic heterocycles. The molecule has 1 aliphatic rings. The maximum Gasteiger partial charge on any atom is 0.323 e. The monoisotopic (exact) mass is 511 g/mol. The molecular weight excluding hydrogens is 484 g/mol. The third kappa shape index (κ3) is 8.03. The first-order chi connectivity index (χ1) is 15.5. The Balaban J connectivity index is 0.00000385. The first-order valence-electron chi connectivity index (χ1n) is 10.6. The van der Waals surface area contributed by atoms with E-state index >= 15 is 0 Å². The van der Waals surface area contributed by atoms with Gasteiger partial charge in [0, 0.05) is 17.2 Å². The zero-order valence-corrected chi connectivity index (χ0v) is 20.7. The minimum Gasteiger partial charge on any atom is -1.00 e. The molecule has 33 heavy (non-hydrogen) atoms. The van der Waals surface area contributed by atoms with Gasteiger partial charge in [-0.15, -0.1) is 23.1 Å². The summed E-state index contributed by atoms with van der Waals surface area (Å²) in [6.45, 7) is 1.95. The average Bonchev–Trinajstić information content (AvgIpc) is 3.27. The van der Waals surface area contributed by atoms with E-state index in [0.717, 1.165) is 10.4 Å². The van der Waals surface area contributed by atoms with Gasteiger partial charge >= 0.3 is 11.9 Å². The van der Waals surface area contributed by atoms with Gasteiger partial charge in [-0.05, 0) is 36.8 Å². The van der Waals surface area contributed by atoms with Gasteiger partial charge in [0.15, 0.2) is 0 Å². The van der Waals surface area contributed by atoms with Crippen LogP contribution in [0.4, 0.5) is 0 Å². The Hall–Kier alpha value is -2.07. The smallest absolute Gasteiger partial charge is 0.323 e. The average molecular weight is 512 g/mol. The SMILES string of the molecule is CCOC(=O)C(CCc1ccccc1)NC1CSC(c2cccs2)CN(CC(=O)O)C1=O.[Cl-]. The van der Waals surface area contributed by atoms with Crippen molar-refractivity contribution in [1.82, 2.24) is 10.2 Å². The van der Waals surface area contributed by atoms with E-state index in [-0.39, 0.29) is 36.7 Å². The molecule has 1 saturated heterocycles. The second kappa shape index (κ2) is 13.6. The van der Waals surface area contributed by atoms with E-state index in [0.29, 0.717) is 25.1 Å². The lowest BCUT2D eigenvalue weighted by atomic mass is 10.0. The zero-order valence-electron chi connectivity index (χ0n) is 18.3. The molecule has 180 valence electrons. The van der Waals surface area contributed by atoms with Crippen LogP contribution in [0.2, 0.25) is 0 Å². The van der Waals surface area contributed by atoms with Crippen molar-refractivity contribution in [2.75, 3.05) is 25.4 Å². The number of thioether (sulfide) groups is 1. The number of hydrogen-bond donors (Lipinski definition) is 2. The number of hydrogen-bond acceptors (Lipinski definition) is 7. The number of aryl methyl sites for hydroxylation is 1. The van der Waals surface area contributed by atoms with Crippen molar-refractivity contribution >= 4 is 40.9 Å². The molecule has 2 heterocycles. The van der Waals surface area contributed by atoms with Gasteiger partial charge in [-0.25, -0.2) is 0 Å². The minimum atomic E-state index is -1.06. The zero-order chi connectivity index (χ0) is 22.9. The van der Waals surface area contributed by atoms with Gasteiger partial charge in [0.05, 0.1) is 17.9 Å². The summed E-state index contributed by atoms with van der Waals surface area (Å²) in [6, 6.07) is 12.4. The molecule has 3 rings (SSSR count). The molecular formula is C23H28ClN2O5S2-. The number of thiophene rings is 1. The van der Waals surface area contributed by atoms with Crippen LogP contribution in [0, 0.1) is 0 Å². The molecule has 0 spiro atoms. The maximum absolute atomic E-state index is 13.2. The number of nitrogens with one attached hydrogen (secondary N) is 1. The quantitative estimate of drug-likeness (QED) is 0.433. The minimum absolute atomic E-state index is 0. The number of esters is 1. The Labute approximate surface area is 208 Å². The number of carboxylic acid groups (broad SMARTS) is 1. The second-order valence-electron chi connectivity index (χ2n) is 7.50. The molecule has 1 aromatic heterocycles. The first-order valence-corrected chi connectivity index (χ1v) is 12.5. The van der Waals surface area contributed by atoms with Crippen LogP contribution in [-0.4, -0.2) is 65.4 Å². The molecule has 3 atom stereocenters. The van der Waals surface area contributed by atoms with Crippen LogP contribution in [0.15, 0.2) is 47.8 Å². The van der Waals surface area contributed by atoms with Gasteiger partial charge in [0.25, 0.3) is 0 Å². The highest BCUT2D eigenvalue weighted by molar-refractivity contribution is 7.99. The van der Waals surface area contributed by atoms with E-state index in [1.165, 1.54) is 4.90 Å². The lowest BCUT2D eigenvalue weighted by Gasteiger charge is -2.26. The second-order valence-corrected chi connectivity index (χ2v) is 9.71. The van der Waals surface area contributed by atoms with Crippen LogP contribution in [0.3, 0.4) is 0 Å². The van der Waals surface area contributed by atoms with Crippen molar-refractivity contribution in [1.29, 1.82) is 0 Å². The van der Waals surface area contributed by atoms with E-state index in [1.807, 2.05) is 47.8 Å². The summed E-state index contributed by atoms with van der Waals surface area (Å²) in [6.07, 6.45) is 1.13. The van der Waals surface area contributed by atoms with Crippen LogP contribution in [-0.2, 0) is 25.5 Å². The number of carboxylic acids is 1. The van der Waals surface area contributed by atoms with Crippen molar-refractivity contribution in [3.63, 3.8) is 0 Å². The third-order valence-electron chi connectivity index (χ3n) is 5.18. The lowest BCUT2D eigenvalue weighted by molar-refractivity contribution is -0.148. The molecule has 1 aromatic carbocycles. The summed E-state index contributed by atoms with van der Waals surface area (Å²) in [4.78, 5) is 39.7. The fourth-order valence-electron chi connectivity index (χ4n) is 3.63. The van der Waals surface area contributed by atoms with Crippen molar-refractivity contribution in [2.24, 2.45) is 0 Å². The van der Waals surface area contributed by atoms with Gasteiger partial charge in [0.2, 0.25) is 5.91 Å². The fraction of sp³-hybridized carbons (Fsp3) is 0.435. The molecule has 3 unspecified atom stereocenters. The predicted molar refractivity (Wildman–Crippen MR) is 126 cm³/mol. The molecule has 2 N–H and O–H groups in total. The molecule has 1 fully saturated rings. The van der Waals surface area contributed by atoms with Crippen LogP contribution < -0.4 is 17.7 Å². The van der Waals surface area contributed by atoms with Gasteiger partial charge in [-0.2, -0.15) is 0 Å². The topological polar surface area (TPSA) is 95.9 Å². The number of amides is 1. The molecule has 10 heteroatoms. The van der Waals surface area contributed by atoms with Crippen molar-refractivity contribution in [3.05, 3.63) is 58.3 Å². The van der Waals surface area contributed by atoms with Crippen molar-refractivity contribution < 1.29 is 36.6 Å². The highest BCUT2D eigenvalue weighted by Gasteiger charge is 2.36. The largest absolute Gasteiger partial charge is 1.00 e. The molecule has 0 aliphatic carbocycles. The predicted octanol–water partition coefficient (Wildman–Crippen LogP) is -0.0241. The van der Waals surface area contributed by atoms with Gasteiger partial charge in [0.1, 0.15) is 12.6 Å². The first kappa shape index (κ1) is 27.2. The van der Waals surface area contributed by atoms with Crippen LogP contribution in [0.5, 0.6) is 0 Å². The highest BCUT2D eigenvalue weighted by atomic mass is 35.5. The number of benzene rings is 1. The molecule has 1 amide bonds. The summed E-state index contributed by atoms with van der Waals surface area (Å²) in [5, 5.41) is 14.5. The van der Waals surface area contributed by atoms with Gasteiger partial charge in [-0.1, -0.05) is 36.4 Å². The summed E-state index contributed by atoms with van der Waals surface area (Å²) < 4.78 is 5.25. The number of rotatable bonds is 10. The van der Waals surface area contributed by atoms with Crippen LogP contribution in [0.1, 0.15) is 29.0 Å². The Bertz CT molecular complexity index is 898. The summed E-state index contributed by atoms with van der Waals surface area (Å²) in [5.74, 6) is -1.31. The van der Waals surface area contributed by atoms with Crippen LogP contribution in [0.25, 0.3) is 0 Å². The third-order valence-corrected chi connectivity index (χ3v) is 7.65. The van der Waals surface area contributed by atoms with E-state index in [9.17, 15) is 19.5 Å². The number of carbonyl (C=O) groups excluding carboxylic acids is 2. The Morgan fingerprint density at radius 1 is 1.24 bits per heavy atom. The Morgan fingerprint density at radius 2 is 2.00 bits per heavy atom. The summed E-state index contributed by atoms with van der Waals surface area (Å²) in [7, 11) is 0. The number of aliphatic carboxylic acids is 1. The number of ether oxygens (including phenoxy) is 1. The number of halogens is 1. The standard InChI is InChI=1S/C23H28N2O5S2.ClH/c1-2-30-23(29)17(11-10-16-7-4-3-5-8-16)24-18-15-32-20(19-9-6-12-31-19)13-25(22(18)28)14-21(26)27;/h3-9,12,17-18,20,24H,2,10-11,13-15H2,1H3,(H,26,27);1H/p-1. The highest BCUT2D eigenvalue weighted by Crippen LogP contribution is 2.35. The molecule has 2 aromatic rings. The van der Waals surface area contributed by atoms with Gasteiger partial charge in [-0.3, -0.25) is 19.7 Å². The van der Waals surface area contributed by atoms with Crippen molar-refractivity contribution in [2.45, 2.75) is 37.1 Å². The van der Waals surface area contributed by atoms with Crippen LogP contribution >= 0.6 is 23.1 Å². The van der Waals surface area contributed by atoms with E-state index in [1.54, 1.807) is 30.0 Å². The van der Waals surface area contributed by atoms with E-state index in [4.69, 9.17) is 4.74 Å². The van der Waals surface area contributed by atoms with Crippen molar-refractivity contribution in [3.8, 4) is 0 Å². The number of nitrogens with zero attached hydrogens (tertiary/aromatic N) is 1. The normalized spacial score (nSPS) is 19.3. The van der Waals surface area contributed by atoms with E-state index in [2.05, 4.69) is 5.32 Å². The molecule has 7 nitrogen and oxygen atoms in total.